The number of hydrogen-bond donors (Lipinski definition) is 0. The Hall–Kier alpha value is -1.33. The molecule has 21 heavy (non-hydrogen) atoms. The molecule has 0 aliphatic heterocycles. The monoisotopic (exact) mass is 366 g/mol. The Morgan fingerprint density at radius 2 is 2.14 bits per heavy atom. The summed E-state index contributed by atoms with van der Waals surface area (Å²) in [6.07, 6.45) is 2.82. The van der Waals surface area contributed by atoms with E-state index in [-0.39, 0.29) is 5.38 Å². The first-order valence-corrected chi connectivity index (χ1v) is 8.06. The summed E-state index contributed by atoms with van der Waals surface area (Å²) in [5.74, 6) is 0.903. The SMILES string of the molecule is CC(Cl)c1nc2ccc(Br)cc2n1CCc1ccn(C)n1. The van der Waals surface area contributed by atoms with Crippen LogP contribution < -0.4 is 0 Å². The van der Waals surface area contributed by atoms with Gasteiger partial charge in [-0.05, 0) is 31.2 Å². The highest BCUT2D eigenvalue weighted by Crippen LogP contribution is 2.27. The van der Waals surface area contributed by atoms with E-state index < -0.39 is 0 Å². The van der Waals surface area contributed by atoms with Crippen molar-refractivity contribution in [1.82, 2.24) is 19.3 Å². The zero-order chi connectivity index (χ0) is 15.0. The van der Waals surface area contributed by atoms with Gasteiger partial charge in [-0.15, -0.1) is 11.6 Å². The molecule has 3 rings (SSSR count). The largest absolute Gasteiger partial charge is 0.326 e. The fourth-order valence-electron chi connectivity index (χ4n) is 2.48. The van der Waals surface area contributed by atoms with Gasteiger partial charge in [0, 0.05) is 30.7 Å². The summed E-state index contributed by atoms with van der Waals surface area (Å²) in [4.78, 5) is 4.66. The van der Waals surface area contributed by atoms with E-state index in [0.29, 0.717) is 0 Å². The van der Waals surface area contributed by atoms with Gasteiger partial charge in [-0.25, -0.2) is 4.98 Å². The summed E-state index contributed by atoms with van der Waals surface area (Å²) in [7, 11) is 1.93. The van der Waals surface area contributed by atoms with E-state index in [1.807, 2.05) is 43.0 Å². The molecule has 1 atom stereocenters. The molecule has 0 spiro atoms. The molecule has 0 N–H and O–H groups in total. The lowest BCUT2D eigenvalue weighted by molar-refractivity contribution is 0.646. The first-order valence-electron chi connectivity index (χ1n) is 6.83. The van der Waals surface area contributed by atoms with Crippen molar-refractivity contribution in [3.05, 3.63) is 46.5 Å². The number of imidazole rings is 1. The third-order valence-electron chi connectivity index (χ3n) is 3.46. The van der Waals surface area contributed by atoms with E-state index in [1.165, 1.54) is 0 Å². The molecule has 0 bridgehead atoms. The fourth-order valence-corrected chi connectivity index (χ4v) is 2.99. The summed E-state index contributed by atoms with van der Waals surface area (Å²) in [6, 6.07) is 8.14. The molecule has 2 aromatic heterocycles. The lowest BCUT2D eigenvalue weighted by Gasteiger charge is -2.09. The van der Waals surface area contributed by atoms with Crippen molar-refractivity contribution in [1.29, 1.82) is 0 Å². The maximum atomic E-state index is 6.29. The molecule has 0 aliphatic rings. The van der Waals surface area contributed by atoms with Crippen LogP contribution in [0.5, 0.6) is 0 Å². The smallest absolute Gasteiger partial charge is 0.127 e. The Bertz CT molecular complexity index is 775. The van der Waals surface area contributed by atoms with Gasteiger partial charge < -0.3 is 4.57 Å². The summed E-state index contributed by atoms with van der Waals surface area (Å²) in [5.41, 5.74) is 3.15. The minimum Gasteiger partial charge on any atom is -0.326 e. The van der Waals surface area contributed by atoms with E-state index in [0.717, 1.165) is 40.0 Å². The fraction of sp³-hybridized carbons (Fsp3) is 0.333. The number of rotatable bonds is 4. The van der Waals surface area contributed by atoms with Crippen molar-refractivity contribution >= 4 is 38.6 Å². The second-order valence-electron chi connectivity index (χ2n) is 5.10. The molecule has 0 radical (unpaired) electrons. The second-order valence-corrected chi connectivity index (χ2v) is 6.67. The summed E-state index contributed by atoms with van der Waals surface area (Å²) in [5, 5.41) is 4.30. The van der Waals surface area contributed by atoms with E-state index in [2.05, 4.69) is 36.6 Å². The normalized spacial score (nSPS) is 13.0. The third-order valence-corrected chi connectivity index (χ3v) is 4.14. The van der Waals surface area contributed by atoms with Crippen LogP contribution in [-0.2, 0) is 20.0 Å². The molecule has 0 fully saturated rings. The van der Waals surface area contributed by atoms with Crippen molar-refractivity contribution in [2.24, 2.45) is 7.05 Å². The average Bonchev–Trinajstić information content (AvgIpc) is 3.00. The van der Waals surface area contributed by atoms with E-state index in [4.69, 9.17) is 11.6 Å². The lowest BCUT2D eigenvalue weighted by Crippen LogP contribution is -2.07. The summed E-state index contributed by atoms with van der Waals surface area (Å²) in [6.45, 7) is 2.77. The van der Waals surface area contributed by atoms with Gasteiger partial charge in [-0.3, -0.25) is 4.68 Å². The van der Waals surface area contributed by atoms with Crippen molar-refractivity contribution in [3.8, 4) is 0 Å². The molecule has 0 saturated carbocycles. The molecule has 0 saturated heterocycles. The lowest BCUT2D eigenvalue weighted by atomic mass is 10.3. The first kappa shape index (κ1) is 14.6. The Balaban J connectivity index is 1.98. The van der Waals surface area contributed by atoms with Gasteiger partial charge in [0.25, 0.3) is 0 Å². The van der Waals surface area contributed by atoms with Crippen LogP contribution in [0, 0.1) is 0 Å². The molecule has 0 amide bonds. The van der Waals surface area contributed by atoms with Crippen LogP contribution >= 0.6 is 27.5 Å². The van der Waals surface area contributed by atoms with Crippen LogP contribution in [0.25, 0.3) is 11.0 Å². The summed E-state index contributed by atoms with van der Waals surface area (Å²) < 4.78 is 5.05. The third kappa shape index (κ3) is 2.99. The quantitative estimate of drug-likeness (QED) is 0.652. The molecule has 110 valence electrons. The van der Waals surface area contributed by atoms with Crippen LogP contribution in [0.3, 0.4) is 0 Å². The number of fused-ring (bicyclic) bond motifs is 1. The Labute approximate surface area is 136 Å². The van der Waals surface area contributed by atoms with Crippen LogP contribution in [0.2, 0.25) is 0 Å². The first-order chi connectivity index (χ1) is 10.0. The minimum absolute atomic E-state index is 0.125. The van der Waals surface area contributed by atoms with Crippen LogP contribution in [0.1, 0.15) is 23.8 Å². The maximum absolute atomic E-state index is 6.29. The standard InChI is InChI=1S/C15H16BrClN4/c1-10(17)15-18-13-4-3-11(16)9-14(13)21(15)8-6-12-5-7-20(2)19-12/h3-5,7,9-10H,6,8H2,1-2H3. The van der Waals surface area contributed by atoms with Gasteiger partial charge in [0.15, 0.2) is 0 Å². The van der Waals surface area contributed by atoms with Gasteiger partial charge in [0.05, 0.1) is 22.1 Å². The van der Waals surface area contributed by atoms with Gasteiger partial charge >= 0.3 is 0 Å². The molecule has 1 unspecified atom stereocenters. The minimum atomic E-state index is -0.125. The van der Waals surface area contributed by atoms with Crippen molar-refractivity contribution in [3.63, 3.8) is 0 Å². The molecular weight excluding hydrogens is 352 g/mol. The predicted octanol–water partition coefficient (Wildman–Crippen LogP) is 4.07. The predicted molar refractivity (Wildman–Crippen MR) is 88.6 cm³/mol. The topological polar surface area (TPSA) is 35.6 Å². The van der Waals surface area contributed by atoms with Crippen molar-refractivity contribution in [2.45, 2.75) is 25.3 Å². The van der Waals surface area contributed by atoms with E-state index in [1.54, 1.807) is 0 Å². The molecule has 3 aromatic rings. The molecule has 0 aliphatic carbocycles. The zero-order valence-corrected chi connectivity index (χ0v) is 14.3. The highest BCUT2D eigenvalue weighted by atomic mass is 79.9. The molecule has 1 aromatic carbocycles. The Kier molecular flexibility index (Phi) is 4.04. The van der Waals surface area contributed by atoms with Gasteiger partial charge in [-0.1, -0.05) is 15.9 Å². The van der Waals surface area contributed by atoms with E-state index >= 15 is 0 Å². The van der Waals surface area contributed by atoms with Gasteiger partial charge in [-0.2, -0.15) is 5.10 Å². The molecule has 6 heteroatoms. The van der Waals surface area contributed by atoms with Crippen molar-refractivity contribution < 1.29 is 0 Å². The summed E-state index contributed by atoms with van der Waals surface area (Å²) >= 11 is 9.81. The number of aryl methyl sites for hydroxylation is 3. The Morgan fingerprint density at radius 1 is 1.33 bits per heavy atom. The molecular formula is C15H16BrClN4. The van der Waals surface area contributed by atoms with Crippen LogP contribution in [0.4, 0.5) is 0 Å². The average molecular weight is 368 g/mol. The Morgan fingerprint density at radius 3 is 2.81 bits per heavy atom. The van der Waals surface area contributed by atoms with Gasteiger partial charge in [0.2, 0.25) is 0 Å². The second kappa shape index (κ2) is 5.81. The van der Waals surface area contributed by atoms with Crippen LogP contribution in [-0.4, -0.2) is 19.3 Å². The number of alkyl halides is 1. The number of nitrogens with zero attached hydrogens (tertiary/aromatic N) is 4. The van der Waals surface area contributed by atoms with Gasteiger partial charge in [0.1, 0.15) is 5.82 Å². The number of halogens is 2. The maximum Gasteiger partial charge on any atom is 0.127 e. The highest BCUT2D eigenvalue weighted by Gasteiger charge is 2.15. The van der Waals surface area contributed by atoms with Crippen molar-refractivity contribution in [2.75, 3.05) is 0 Å². The number of benzene rings is 1. The van der Waals surface area contributed by atoms with E-state index in [9.17, 15) is 0 Å². The van der Waals surface area contributed by atoms with Crippen LogP contribution in [0.15, 0.2) is 34.9 Å². The number of hydrogen-bond acceptors (Lipinski definition) is 2. The highest BCUT2D eigenvalue weighted by molar-refractivity contribution is 9.10. The number of aromatic nitrogens is 4. The molecule has 2 heterocycles. The zero-order valence-electron chi connectivity index (χ0n) is 11.9. The molecule has 4 nitrogen and oxygen atoms in total.